The molecule has 19 heavy (non-hydrogen) atoms. The predicted molar refractivity (Wildman–Crippen MR) is 83.1 cm³/mol. The Morgan fingerprint density at radius 2 is 1.89 bits per heavy atom. The SMILES string of the molecule is CCCC1CCC(N)C(CCCc2ccccc2)C1. The van der Waals surface area contributed by atoms with Crippen molar-refractivity contribution in [2.75, 3.05) is 0 Å². The summed E-state index contributed by atoms with van der Waals surface area (Å²) in [7, 11) is 0. The van der Waals surface area contributed by atoms with Gasteiger partial charge in [-0.05, 0) is 55.9 Å². The topological polar surface area (TPSA) is 26.0 Å². The van der Waals surface area contributed by atoms with Gasteiger partial charge in [-0.3, -0.25) is 0 Å². The molecule has 1 saturated carbocycles. The van der Waals surface area contributed by atoms with Crippen molar-refractivity contribution in [1.82, 2.24) is 0 Å². The van der Waals surface area contributed by atoms with E-state index in [9.17, 15) is 0 Å². The molecule has 1 nitrogen and oxygen atoms in total. The van der Waals surface area contributed by atoms with Crippen molar-refractivity contribution in [3.8, 4) is 0 Å². The van der Waals surface area contributed by atoms with Gasteiger partial charge in [-0.2, -0.15) is 0 Å². The molecule has 3 atom stereocenters. The lowest BCUT2D eigenvalue weighted by Crippen LogP contribution is -2.36. The molecule has 1 fully saturated rings. The Kier molecular flexibility index (Phi) is 5.91. The van der Waals surface area contributed by atoms with Crippen LogP contribution in [0.15, 0.2) is 30.3 Å². The Morgan fingerprint density at radius 3 is 2.63 bits per heavy atom. The van der Waals surface area contributed by atoms with Crippen LogP contribution in [0.1, 0.15) is 57.4 Å². The van der Waals surface area contributed by atoms with Crippen LogP contribution >= 0.6 is 0 Å². The molecule has 2 N–H and O–H groups in total. The van der Waals surface area contributed by atoms with Gasteiger partial charge in [0.15, 0.2) is 0 Å². The molecule has 0 bridgehead atoms. The molecule has 1 aliphatic rings. The average Bonchev–Trinajstić information content (AvgIpc) is 2.44. The van der Waals surface area contributed by atoms with Gasteiger partial charge in [0, 0.05) is 6.04 Å². The van der Waals surface area contributed by atoms with Crippen LogP contribution in [0.2, 0.25) is 0 Å². The zero-order valence-electron chi connectivity index (χ0n) is 12.4. The second kappa shape index (κ2) is 7.69. The summed E-state index contributed by atoms with van der Waals surface area (Å²) in [6.07, 6.45) is 10.5. The van der Waals surface area contributed by atoms with Crippen molar-refractivity contribution >= 4 is 0 Å². The van der Waals surface area contributed by atoms with Crippen LogP contribution in [0.25, 0.3) is 0 Å². The number of hydrogen-bond donors (Lipinski definition) is 1. The second-order valence-corrected chi connectivity index (χ2v) is 6.27. The van der Waals surface area contributed by atoms with E-state index in [0.29, 0.717) is 6.04 Å². The molecule has 1 aromatic rings. The van der Waals surface area contributed by atoms with Gasteiger partial charge in [-0.15, -0.1) is 0 Å². The predicted octanol–water partition coefficient (Wildman–Crippen LogP) is 4.55. The van der Waals surface area contributed by atoms with Gasteiger partial charge in [0.2, 0.25) is 0 Å². The average molecular weight is 259 g/mol. The smallest absolute Gasteiger partial charge is 0.00673 e. The van der Waals surface area contributed by atoms with E-state index in [4.69, 9.17) is 5.73 Å². The third kappa shape index (κ3) is 4.65. The fourth-order valence-electron chi connectivity index (χ4n) is 3.60. The molecule has 1 aliphatic carbocycles. The molecule has 0 heterocycles. The first-order chi connectivity index (χ1) is 9.29. The molecule has 1 heteroatoms. The van der Waals surface area contributed by atoms with Crippen molar-refractivity contribution in [2.45, 2.75) is 64.3 Å². The molecule has 0 aliphatic heterocycles. The van der Waals surface area contributed by atoms with Crippen LogP contribution < -0.4 is 5.73 Å². The molecule has 106 valence electrons. The van der Waals surface area contributed by atoms with Gasteiger partial charge >= 0.3 is 0 Å². The fraction of sp³-hybridized carbons (Fsp3) is 0.667. The van der Waals surface area contributed by atoms with E-state index in [1.165, 1.54) is 56.9 Å². The van der Waals surface area contributed by atoms with Crippen LogP contribution in [-0.2, 0) is 6.42 Å². The molecule has 0 saturated heterocycles. The number of benzene rings is 1. The van der Waals surface area contributed by atoms with Gasteiger partial charge < -0.3 is 5.73 Å². The van der Waals surface area contributed by atoms with Crippen LogP contribution in [0.4, 0.5) is 0 Å². The van der Waals surface area contributed by atoms with Gasteiger partial charge in [-0.1, -0.05) is 50.1 Å². The van der Waals surface area contributed by atoms with E-state index in [0.717, 1.165) is 11.8 Å². The first kappa shape index (κ1) is 14.6. The zero-order valence-corrected chi connectivity index (χ0v) is 12.4. The quantitative estimate of drug-likeness (QED) is 0.796. The minimum absolute atomic E-state index is 0.462. The van der Waals surface area contributed by atoms with Crippen molar-refractivity contribution in [3.63, 3.8) is 0 Å². The Hall–Kier alpha value is -0.820. The summed E-state index contributed by atoms with van der Waals surface area (Å²) < 4.78 is 0. The first-order valence-electron chi connectivity index (χ1n) is 8.09. The molecule has 2 rings (SSSR count). The lowest BCUT2D eigenvalue weighted by atomic mass is 9.74. The molecular weight excluding hydrogens is 230 g/mol. The highest BCUT2D eigenvalue weighted by Gasteiger charge is 2.27. The van der Waals surface area contributed by atoms with Crippen LogP contribution in [0.3, 0.4) is 0 Å². The summed E-state index contributed by atoms with van der Waals surface area (Å²) >= 11 is 0. The van der Waals surface area contributed by atoms with Gasteiger partial charge in [0.05, 0.1) is 0 Å². The van der Waals surface area contributed by atoms with Crippen molar-refractivity contribution in [2.24, 2.45) is 17.6 Å². The number of aryl methyl sites for hydroxylation is 1. The van der Waals surface area contributed by atoms with Crippen LogP contribution in [0, 0.1) is 11.8 Å². The summed E-state index contributed by atoms with van der Waals surface area (Å²) in [5.74, 6) is 1.72. The Balaban J connectivity index is 1.74. The Morgan fingerprint density at radius 1 is 1.11 bits per heavy atom. The summed E-state index contributed by atoms with van der Waals surface area (Å²) in [6.45, 7) is 2.30. The highest BCUT2D eigenvalue weighted by Crippen LogP contribution is 2.33. The van der Waals surface area contributed by atoms with Crippen molar-refractivity contribution in [1.29, 1.82) is 0 Å². The van der Waals surface area contributed by atoms with E-state index in [1.54, 1.807) is 0 Å². The van der Waals surface area contributed by atoms with Gasteiger partial charge in [-0.25, -0.2) is 0 Å². The van der Waals surface area contributed by atoms with E-state index >= 15 is 0 Å². The lowest BCUT2D eigenvalue weighted by molar-refractivity contribution is 0.210. The Labute approximate surface area is 118 Å². The fourth-order valence-corrected chi connectivity index (χ4v) is 3.60. The summed E-state index contributed by atoms with van der Waals surface area (Å²) in [6, 6.07) is 11.3. The number of rotatable bonds is 6. The minimum Gasteiger partial charge on any atom is -0.327 e. The normalized spacial score (nSPS) is 27.4. The summed E-state index contributed by atoms with van der Waals surface area (Å²) in [4.78, 5) is 0. The monoisotopic (exact) mass is 259 g/mol. The zero-order chi connectivity index (χ0) is 13.5. The van der Waals surface area contributed by atoms with Crippen LogP contribution in [0.5, 0.6) is 0 Å². The highest BCUT2D eigenvalue weighted by molar-refractivity contribution is 5.14. The maximum Gasteiger partial charge on any atom is 0.00673 e. The maximum atomic E-state index is 6.32. The van der Waals surface area contributed by atoms with E-state index in [2.05, 4.69) is 37.3 Å². The summed E-state index contributed by atoms with van der Waals surface area (Å²) in [5, 5.41) is 0. The molecule has 0 aromatic heterocycles. The second-order valence-electron chi connectivity index (χ2n) is 6.27. The molecule has 3 unspecified atom stereocenters. The molecule has 0 spiro atoms. The van der Waals surface area contributed by atoms with Gasteiger partial charge in [0.1, 0.15) is 0 Å². The van der Waals surface area contributed by atoms with Gasteiger partial charge in [0.25, 0.3) is 0 Å². The molecular formula is C18H29N. The van der Waals surface area contributed by atoms with E-state index < -0.39 is 0 Å². The van der Waals surface area contributed by atoms with Crippen molar-refractivity contribution < 1.29 is 0 Å². The maximum absolute atomic E-state index is 6.32. The number of nitrogens with two attached hydrogens (primary N) is 1. The minimum atomic E-state index is 0.462. The largest absolute Gasteiger partial charge is 0.327 e. The molecule has 1 aromatic carbocycles. The standard InChI is InChI=1S/C18H29N/c1-2-7-16-12-13-18(19)17(14-16)11-6-10-15-8-4-3-5-9-15/h3-5,8-9,16-18H,2,6-7,10-14,19H2,1H3. The third-order valence-electron chi connectivity index (χ3n) is 4.73. The third-order valence-corrected chi connectivity index (χ3v) is 4.73. The lowest BCUT2D eigenvalue weighted by Gasteiger charge is -2.34. The first-order valence-corrected chi connectivity index (χ1v) is 8.09. The highest BCUT2D eigenvalue weighted by atomic mass is 14.7. The van der Waals surface area contributed by atoms with Crippen LogP contribution in [-0.4, -0.2) is 6.04 Å². The van der Waals surface area contributed by atoms with E-state index in [-0.39, 0.29) is 0 Å². The molecule has 0 radical (unpaired) electrons. The van der Waals surface area contributed by atoms with Crippen molar-refractivity contribution in [3.05, 3.63) is 35.9 Å². The summed E-state index contributed by atoms with van der Waals surface area (Å²) in [5.41, 5.74) is 7.79. The number of hydrogen-bond acceptors (Lipinski definition) is 1. The van der Waals surface area contributed by atoms with E-state index in [1.807, 2.05) is 0 Å². The molecule has 0 amide bonds. The Bertz CT molecular complexity index is 346.